The molecule has 1 aliphatic rings. The second-order valence-corrected chi connectivity index (χ2v) is 10.8. The number of hydrogen-bond donors (Lipinski definition) is 1. The molecular weight excluding hydrogens is 544 g/mol. The molecule has 214 valence electrons. The molecule has 0 radical (unpaired) electrons. The summed E-state index contributed by atoms with van der Waals surface area (Å²) in [6, 6.07) is 11.8. The third kappa shape index (κ3) is 8.04. The largest absolute Gasteiger partial charge is 0.418 e. The Kier molecular flexibility index (Phi) is 9.80. The molecule has 1 fully saturated rings. The summed E-state index contributed by atoms with van der Waals surface area (Å²) in [6.45, 7) is 4.52. The van der Waals surface area contributed by atoms with Gasteiger partial charge in [-0.3, -0.25) is 4.79 Å². The molecule has 3 amide bonds. The zero-order valence-corrected chi connectivity index (χ0v) is 23.0. The molecule has 0 spiro atoms. The summed E-state index contributed by atoms with van der Waals surface area (Å²) in [5.41, 5.74) is 0.418. The number of hydrogen-bond acceptors (Lipinski definition) is 4. The standard InChI is InChI=1S/C29H32F4N4O2S/c1-21-12-17-40-26(21)19-37(18-22-8-10-23(30)11-9-22)27(38)20-36(16-15-35-13-4-5-14-35)28(39)34-25-7-3-2-6-24(25)29(31,32)33/h2-3,6-12,17H,4-5,13-16,18-20H2,1H3,(H,34,39). The number of thiophene rings is 1. The van der Waals surface area contributed by atoms with Gasteiger partial charge in [0, 0.05) is 24.5 Å². The molecule has 2 aromatic carbocycles. The van der Waals surface area contributed by atoms with E-state index in [0.717, 1.165) is 48.0 Å². The average Bonchev–Trinajstić information content (AvgIpc) is 3.58. The van der Waals surface area contributed by atoms with Crippen molar-refractivity contribution in [2.75, 3.05) is 38.0 Å². The lowest BCUT2D eigenvalue weighted by Crippen LogP contribution is -2.46. The second kappa shape index (κ2) is 13.3. The molecule has 40 heavy (non-hydrogen) atoms. The van der Waals surface area contributed by atoms with Gasteiger partial charge in [0.15, 0.2) is 0 Å². The monoisotopic (exact) mass is 576 g/mol. The molecule has 1 aliphatic heterocycles. The summed E-state index contributed by atoms with van der Waals surface area (Å²) in [5.74, 6) is -0.752. The molecule has 2 heterocycles. The van der Waals surface area contributed by atoms with Gasteiger partial charge in [-0.15, -0.1) is 11.3 Å². The number of benzene rings is 2. The maximum Gasteiger partial charge on any atom is 0.418 e. The summed E-state index contributed by atoms with van der Waals surface area (Å²) in [5, 5.41) is 4.32. The van der Waals surface area contributed by atoms with Crippen molar-refractivity contribution in [2.24, 2.45) is 0 Å². The minimum Gasteiger partial charge on any atom is -0.332 e. The van der Waals surface area contributed by atoms with Crippen LogP contribution in [0.5, 0.6) is 0 Å². The fourth-order valence-electron chi connectivity index (χ4n) is 4.60. The number of amides is 3. The molecule has 6 nitrogen and oxygen atoms in total. The molecule has 1 N–H and O–H groups in total. The van der Waals surface area contributed by atoms with E-state index in [2.05, 4.69) is 10.2 Å². The van der Waals surface area contributed by atoms with Crippen LogP contribution in [0, 0.1) is 12.7 Å². The lowest BCUT2D eigenvalue weighted by atomic mass is 10.1. The molecular formula is C29H32F4N4O2S. The molecule has 3 aromatic rings. The van der Waals surface area contributed by atoms with E-state index in [1.807, 2.05) is 18.4 Å². The maximum absolute atomic E-state index is 13.7. The van der Waals surface area contributed by atoms with Gasteiger partial charge in [-0.05, 0) is 79.7 Å². The second-order valence-electron chi connectivity index (χ2n) is 9.85. The first-order valence-corrected chi connectivity index (χ1v) is 14.0. The molecule has 0 bridgehead atoms. The van der Waals surface area contributed by atoms with Crippen LogP contribution in [0.2, 0.25) is 0 Å². The number of aryl methyl sites for hydroxylation is 1. The Morgan fingerprint density at radius 1 is 0.975 bits per heavy atom. The minimum absolute atomic E-state index is 0.175. The summed E-state index contributed by atoms with van der Waals surface area (Å²) in [4.78, 5) is 33.0. The number of anilines is 1. The van der Waals surface area contributed by atoms with Crippen LogP contribution in [0.1, 0.15) is 34.4 Å². The van der Waals surface area contributed by atoms with E-state index in [9.17, 15) is 27.2 Å². The molecule has 0 unspecified atom stereocenters. The first-order valence-electron chi connectivity index (χ1n) is 13.1. The Labute approximate surface area is 235 Å². The van der Waals surface area contributed by atoms with Crippen molar-refractivity contribution in [3.05, 3.63) is 87.4 Å². The Balaban J connectivity index is 1.55. The van der Waals surface area contributed by atoms with Gasteiger partial charge < -0.3 is 20.0 Å². The van der Waals surface area contributed by atoms with Gasteiger partial charge >= 0.3 is 12.2 Å². The lowest BCUT2D eigenvalue weighted by molar-refractivity contribution is -0.137. The Bertz CT molecular complexity index is 1290. The van der Waals surface area contributed by atoms with Crippen molar-refractivity contribution in [1.82, 2.24) is 14.7 Å². The lowest BCUT2D eigenvalue weighted by Gasteiger charge is -2.29. The summed E-state index contributed by atoms with van der Waals surface area (Å²) < 4.78 is 54.2. The highest BCUT2D eigenvalue weighted by Gasteiger charge is 2.34. The van der Waals surface area contributed by atoms with Crippen molar-refractivity contribution in [3.8, 4) is 0 Å². The van der Waals surface area contributed by atoms with E-state index in [0.29, 0.717) is 6.54 Å². The van der Waals surface area contributed by atoms with Crippen molar-refractivity contribution >= 4 is 29.0 Å². The summed E-state index contributed by atoms with van der Waals surface area (Å²) >= 11 is 1.51. The number of urea groups is 1. The predicted octanol–water partition coefficient (Wildman–Crippen LogP) is 6.37. The summed E-state index contributed by atoms with van der Waals surface area (Å²) in [7, 11) is 0. The van der Waals surface area contributed by atoms with Gasteiger partial charge in [0.2, 0.25) is 5.91 Å². The fraction of sp³-hybridized carbons (Fsp3) is 0.379. The quantitative estimate of drug-likeness (QED) is 0.285. The third-order valence-electron chi connectivity index (χ3n) is 6.91. The van der Waals surface area contributed by atoms with Crippen LogP contribution >= 0.6 is 11.3 Å². The molecule has 1 saturated heterocycles. The van der Waals surface area contributed by atoms with E-state index >= 15 is 0 Å². The number of halogens is 4. The van der Waals surface area contributed by atoms with Gasteiger partial charge in [-0.1, -0.05) is 24.3 Å². The van der Waals surface area contributed by atoms with Gasteiger partial charge in [-0.25, -0.2) is 9.18 Å². The van der Waals surface area contributed by atoms with Gasteiger partial charge in [0.05, 0.1) is 17.8 Å². The molecule has 0 atom stereocenters. The average molecular weight is 577 g/mol. The van der Waals surface area contributed by atoms with Crippen molar-refractivity contribution in [1.29, 1.82) is 0 Å². The van der Waals surface area contributed by atoms with Crippen LogP contribution in [-0.4, -0.2) is 59.4 Å². The summed E-state index contributed by atoms with van der Waals surface area (Å²) in [6.07, 6.45) is -2.57. The Hall–Kier alpha value is -3.44. The topological polar surface area (TPSA) is 55.9 Å². The molecule has 0 saturated carbocycles. The number of rotatable bonds is 10. The van der Waals surface area contributed by atoms with E-state index in [1.165, 1.54) is 46.6 Å². The van der Waals surface area contributed by atoms with Gasteiger partial charge in [0.1, 0.15) is 12.4 Å². The van der Waals surface area contributed by atoms with Crippen molar-refractivity contribution in [2.45, 2.75) is 39.0 Å². The fourth-order valence-corrected chi connectivity index (χ4v) is 5.52. The third-order valence-corrected chi connectivity index (χ3v) is 7.92. The Morgan fingerprint density at radius 3 is 2.33 bits per heavy atom. The first-order chi connectivity index (χ1) is 19.1. The number of carbonyl (C=O) groups is 2. The van der Waals surface area contributed by atoms with Crippen LogP contribution in [-0.2, 0) is 24.1 Å². The maximum atomic E-state index is 13.7. The normalized spacial score (nSPS) is 13.8. The SMILES string of the molecule is Cc1ccsc1CN(Cc1ccc(F)cc1)C(=O)CN(CCN1CCCC1)C(=O)Nc1ccccc1C(F)(F)F. The van der Waals surface area contributed by atoms with Crippen LogP contribution in [0.3, 0.4) is 0 Å². The van der Waals surface area contributed by atoms with Crippen LogP contribution in [0.25, 0.3) is 0 Å². The van der Waals surface area contributed by atoms with Crippen molar-refractivity contribution in [3.63, 3.8) is 0 Å². The van der Waals surface area contributed by atoms with Crippen LogP contribution in [0.4, 0.5) is 28.0 Å². The number of nitrogens with zero attached hydrogens (tertiary/aromatic N) is 3. The number of nitrogens with one attached hydrogen (secondary N) is 1. The highest BCUT2D eigenvalue weighted by atomic mass is 32.1. The number of likely N-dealkylation sites (tertiary alicyclic amines) is 1. The molecule has 11 heteroatoms. The van der Waals surface area contributed by atoms with E-state index in [1.54, 1.807) is 17.0 Å². The van der Waals surface area contributed by atoms with Crippen LogP contribution < -0.4 is 5.32 Å². The van der Waals surface area contributed by atoms with E-state index in [-0.39, 0.29) is 43.6 Å². The number of alkyl halides is 3. The first kappa shape index (κ1) is 29.5. The smallest absolute Gasteiger partial charge is 0.332 e. The van der Waals surface area contributed by atoms with Gasteiger partial charge in [0.25, 0.3) is 0 Å². The molecule has 4 rings (SSSR count). The highest BCUT2D eigenvalue weighted by Crippen LogP contribution is 2.34. The van der Waals surface area contributed by atoms with E-state index in [4.69, 9.17) is 0 Å². The molecule has 1 aromatic heterocycles. The van der Waals surface area contributed by atoms with Crippen molar-refractivity contribution < 1.29 is 27.2 Å². The molecule has 0 aliphatic carbocycles. The van der Waals surface area contributed by atoms with Crippen LogP contribution in [0.15, 0.2) is 60.0 Å². The number of carbonyl (C=O) groups excluding carboxylic acids is 2. The highest BCUT2D eigenvalue weighted by molar-refractivity contribution is 7.10. The minimum atomic E-state index is -4.65. The van der Waals surface area contributed by atoms with E-state index < -0.39 is 17.8 Å². The predicted molar refractivity (Wildman–Crippen MR) is 147 cm³/mol. The zero-order valence-electron chi connectivity index (χ0n) is 22.2. The van der Waals surface area contributed by atoms with Gasteiger partial charge in [-0.2, -0.15) is 13.2 Å². The Morgan fingerprint density at radius 2 is 1.68 bits per heavy atom. The number of para-hydroxylation sites is 1. The zero-order chi connectivity index (χ0) is 28.7.